The molecule has 6 nitrogen and oxygen atoms in total. The number of thiophene rings is 1. The Morgan fingerprint density at radius 2 is 1.88 bits per heavy atom. The molecule has 2 aromatic rings. The molecule has 24 heavy (non-hydrogen) atoms. The maximum Gasteiger partial charge on any atom is 0.414 e. The van der Waals surface area contributed by atoms with Crippen LogP contribution in [0.4, 0.5) is 4.39 Å². The fourth-order valence-electron chi connectivity index (χ4n) is 1.75. The van der Waals surface area contributed by atoms with Crippen LogP contribution < -0.4 is 0 Å². The van der Waals surface area contributed by atoms with Crippen molar-refractivity contribution >= 4 is 33.4 Å². The van der Waals surface area contributed by atoms with Gasteiger partial charge in [-0.15, -0.1) is 11.3 Å². The largest absolute Gasteiger partial charge is 0.473 e. The molecule has 8 heteroatoms. The van der Waals surface area contributed by atoms with E-state index in [4.69, 9.17) is 24.5 Å². The SMILES string of the molecule is CN(C)CCOCCc1cc2ccsc2cc1F.O=C(O)C(=O)O. The molecule has 0 aliphatic rings. The Kier molecular flexibility index (Phi) is 8.31. The molecular formula is C16H20FNO5S. The highest BCUT2D eigenvalue weighted by molar-refractivity contribution is 7.17. The maximum absolute atomic E-state index is 13.8. The summed E-state index contributed by atoms with van der Waals surface area (Å²) in [7, 11) is 4.01. The van der Waals surface area contributed by atoms with E-state index < -0.39 is 11.9 Å². The molecule has 0 amide bonds. The van der Waals surface area contributed by atoms with E-state index in [1.54, 1.807) is 17.4 Å². The standard InChI is InChI=1S/C14H18FNOS.C2H2O4/c1-16(2)5-7-17-6-3-11-9-12-4-8-18-14(12)10-13(11)15;3-1(4)2(5)6/h4,8-10H,3,5-7H2,1-2H3;(H,3,4)(H,5,6). The number of carboxylic acid groups (broad SMARTS) is 2. The van der Waals surface area contributed by atoms with Gasteiger partial charge in [0.2, 0.25) is 0 Å². The summed E-state index contributed by atoms with van der Waals surface area (Å²) in [6.07, 6.45) is 0.630. The number of fused-ring (bicyclic) bond motifs is 1. The summed E-state index contributed by atoms with van der Waals surface area (Å²) in [5, 5.41) is 17.9. The minimum Gasteiger partial charge on any atom is -0.473 e. The van der Waals surface area contributed by atoms with E-state index in [1.165, 1.54) is 0 Å². The van der Waals surface area contributed by atoms with Crippen molar-refractivity contribution in [2.75, 3.05) is 33.9 Å². The lowest BCUT2D eigenvalue weighted by atomic mass is 10.1. The number of benzene rings is 1. The molecule has 1 heterocycles. The van der Waals surface area contributed by atoms with Crippen LogP contribution in [0, 0.1) is 5.82 Å². The molecule has 0 saturated heterocycles. The van der Waals surface area contributed by atoms with Crippen molar-refractivity contribution in [3.8, 4) is 0 Å². The second-order valence-electron chi connectivity index (χ2n) is 5.18. The Morgan fingerprint density at radius 3 is 2.46 bits per heavy atom. The molecule has 0 fully saturated rings. The van der Waals surface area contributed by atoms with Crippen LogP contribution in [-0.2, 0) is 20.7 Å². The number of carbonyl (C=O) groups is 2. The van der Waals surface area contributed by atoms with Crippen molar-refractivity contribution in [2.24, 2.45) is 0 Å². The normalized spacial score (nSPS) is 10.5. The molecule has 1 aromatic heterocycles. The third-order valence-corrected chi connectivity index (χ3v) is 3.88. The van der Waals surface area contributed by atoms with E-state index in [0.717, 1.165) is 22.2 Å². The summed E-state index contributed by atoms with van der Waals surface area (Å²) in [6.45, 7) is 2.15. The molecule has 0 bridgehead atoms. The molecule has 2 rings (SSSR count). The number of halogens is 1. The lowest BCUT2D eigenvalue weighted by Gasteiger charge is -2.10. The van der Waals surface area contributed by atoms with Gasteiger partial charge in [0, 0.05) is 11.2 Å². The minimum absolute atomic E-state index is 0.124. The molecule has 0 saturated carbocycles. The van der Waals surface area contributed by atoms with Gasteiger partial charge in [0.15, 0.2) is 0 Å². The highest BCUT2D eigenvalue weighted by Crippen LogP contribution is 2.24. The number of ether oxygens (including phenoxy) is 1. The number of aliphatic carboxylic acids is 2. The van der Waals surface area contributed by atoms with Crippen LogP contribution in [0.5, 0.6) is 0 Å². The zero-order valence-corrected chi connectivity index (χ0v) is 14.3. The Hall–Kier alpha value is -2.03. The first kappa shape index (κ1) is 20.0. The molecule has 1 aromatic carbocycles. The quantitative estimate of drug-likeness (QED) is 0.609. The first-order valence-corrected chi connectivity index (χ1v) is 8.03. The van der Waals surface area contributed by atoms with Crippen LogP contribution in [0.25, 0.3) is 10.1 Å². The molecule has 0 radical (unpaired) electrons. The van der Waals surface area contributed by atoms with E-state index in [0.29, 0.717) is 19.6 Å². The lowest BCUT2D eigenvalue weighted by molar-refractivity contribution is -0.159. The zero-order valence-electron chi connectivity index (χ0n) is 13.5. The molecule has 0 aliphatic heterocycles. The van der Waals surface area contributed by atoms with Crippen LogP contribution in [-0.4, -0.2) is 60.9 Å². The van der Waals surface area contributed by atoms with Gasteiger partial charge in [0.25, 0.3) is 0 Å². The van der Waals surface area contributed by atoms with Gasteiger partial charge in [0.1, 0.15) is 5.82 Å². The topological polar surface area (TPSA) is 87.1 Å². The Bertz CT molecular complexity index is 674. The smallest absolute Gasteiger partial charge is 0.414 e. The predicted octanol–water partition coefficient (Wildman–Crippen LogP) is 2.32. The zero-order chi connectivity index (χ0) is 18.1. The van der Waals surface area contributed by atoms with Gasteiger partial charge in [-0.25, -0.2) is 14.0 Å². The van der Waals surface area contributed by atoms with Gasteiger partial charge in [-0.3, -0.25) is 0 Å². The van der Waals surface area contributed by atoms with Gasteiger partial charge in [-0.1, -0.05) is 0 Å². The van der Waals surface area contributed by atoms with E-state index in [2.05, 4.69) is 4.90 Å². The number of hydrogen-bond acceptors (Lipinski definition) is 5. The number of rotatable bonds is 6. The van der Waals surface area contributed by atoms with Crippen molar-refractivity contribution in [1.82, 2.24) is 4.90 Å². The first-order valence-electron chi connectivity index (χ1n) is 7.15. The van der Waals surface area contributed by atoms with E-state index in [1.807, 2.05) is 31.6 Å². The molecule has 0 aliphatic carbocycles. The average Bonchev–Trinajstić information content (AvgIpc) is 2.94. The van der Waals surface area contributed by atoms with Crippen LogP contribution in [0.15, 0.2) is 23.6 Å². The molecule has 0 unspecified atom stereocenters. The molecule has 132 valence electrons. The summed E-state index contributed by atoms with van der Waals surface area (Å²) in [6, 6.07) is 5.57. The highest BCUT2D eigenvalue weighted by Gasteiger charge is 2.06. The predicted molar refractivity (Wildman–Crippen MR) is 90.1 cm³/mol. The average molecular weight is 357 g/mol. The van der Waals surface area contributed by atoms with Gasteiger partial charge >= 0.3 is 11.9 Å². The Morgan fingerprint density at radius 1 is 1.21 bits per heavy atom. The Labute approximate surface area is 143 Å². The minimum atomic E-state index is -1.82. The van der Waals surface area contributed by atoms with E-state index >= 15 is 0 Å². The Balaban J connectivity index is 0.000000413. The number of hydrogen-bond donors (Lipinski definition) is 2. The first-order chi connectivity index (χ1) is 11.3. The molecule has 0 atom stereocenters. The second kappa shape index (κ2) is 9.96. The summed E-state index contributed by atoms with van der Waals surface area (Å²) in [4.78, 5) is 20.3. The number of carboxylic acids is 2. The fourth-order valence-corrected chi connectivity index (χ4v) is 2.55. The monoisotopic (exact) mass is 357 g/mol. The van der Waals surface area contributed by atoms with Crippen LogP contribution in [0.3, 0.4) is 0 Å². The van der Waals surface area contributed by atoms with Gasteiger partial charge < -0.3 is 19.8 Å². The van der Waals surface area contributed by atoms with Crippen LogP contribution in [0.2, 0.25) is 0 Å². The van der Waals surface area contributed by atoms with Crippen molar-refractivity contribution < 1.29 is 28.9 Å². The van der Waals surface area contributed by atoms with Crippen LogP contribution in [0.1, 0.15) is 5.56 Å². The summed E-state index contributed by atoms with van der Waals surface area (Å²) in [5.41, 5.74) is 0.741. The lowest BCUT2D eigenvalue weighted by Crippen LogP contribution is -2.18. The van der Waals surface area contributed by atoms with Crippen molar-refractivity contribution in [2.45, 2.75) is 6.42 Å². The third kappa shape index (κ3) is 7.03. The summed E-state index contributed by atoms with van der Waals surface area (Å²) < 4.78 is 20.3. The highest BCUT2D eigenvalue weighted by atomic mass is 32.1. The van der Waals surface area contributed by atoms with Crippen molar-refractivity contribution in [1.29, 1.82) is 0 Å². The maximum atomic E-state index is 13.8. The van der Waals surface area contributed by atoms with Gasteiger partial charge in [0.05, 0.1) is 13.2 Å². The summed E-state index contributed by atoms with van der Waals surface area (Å²) in [5.74, 6) is -3.77. The summed E-state index contributed by atoms with van der Waals surface area (Å²) >= 11 is 1.57. The van der Waals surface area contributed by atoms with Crippen LogP contribution >= 0.6 is 11.3 Å². The number of nitrogens with zero attached hydrogens (tertiary/aromatic N) is 1. The van der Waals surface area contributed by atoms with Crippen molar-refractivity contribution in [3.63, 3.8) is 0 Å². The number of likely N-dealkylation sites (N-methyl/N-ethyl adjacent to an activating group) is 1. The van der Waals surface area contributed by atoms with Crippen molar-refractivity contribution in [3.05, 3.63) is 35.0 Å². The van der Waals surface area contributed by atoms with Gasteiger partial charge in [-0.2, -0.15) is 0 Å². The van der Waals surface area contributed by atoms with E-state index in [-0.39, 0.29) is 5.82 Å². The molecular weight excluding hydrogens is 337 g/mol. The molecule has 0 spiro atoms. The fraction of sp³-hybridized carbons (Fsp3) is 0.375. The van der Waals surface area contributed by atoms with E-state index in [9.17, 15) is 4.39 Å². The third-order valence-electron chi connectivity index (χ3n) is 3.00. The molecule has 2 N–H and O–H groups in total. The second-order valence-corrected chi connectivity index (χ2v) is 6.13. The van der Waals surface area contributed by atoms with Gasteiger partial charge in [-0.05, 0) is 55.0 Å².